The van der Waals surface area contributed by atoms with Crippen molar-refractivity contribution in [3.8, 4) is 11.5 Å². The smallest absolute Gasteiger partial charge is 0.225 e. The SMILES string of the molecule is COc1cc(Br)c2c3c1O[C@H]1C[C@@H](O)C=C[C@@]31CCC[C@@H]2C(N)=O. The van der Waals surface area contributed by atoms with Crippen LogP contribution >= 0.6 is 15.9 Å². The summed E-state index contributed by atoms with van der Waals surface area (Å²) in [6.07, 6.45) is 6.24. The fourth-order valence-electron chi connectivity index (χ4n) is 4.53. The fraction of sp³-hybridized carbons (Fsp3) is 0.500. The summed E-state index contributed by atoms with van der Waals surface area (Å²) >= 11 is 3.61. The van der Waals surface area contributed by atoms with Crippen LogP contribution in [-0.2, 0) is 10.2 Å². The topological polar surface area (TPSA) is 81.8 Å². The fourth-order valence-corrected chi connectivity index (χ4v) is 5.21. The van der Waals surface area contributed by atoms with E-state index in [-0.39, 0.29) is 23.3 Å². The number of carbonyl (C=O) groups is 1. The molecule has 4 rings (SSSR count). The van der Waals surface area contributed by atoms with Crippen molar-refractivity contribution in [1.29, 1.82) is 0 Å². The number of nitrogens with two attached hydrogens (primary N) is 1. The molecular weight excluding hydrogens is 374 g/mol. The Morgan fingerprint density at radius 1 is 1.54 bits per heavy atom. The molecule has 0 saturated carbocycles. The van der Waals surface area contributed by atoms with E-state index in [9.17, 15) is 9.90 Å². The number of primary amides is 1. The van der Waals surface area contributed by atoms with Gasteiger partial charge >= 0.3 is 0 Å². The zero-order valence-electron chi connectivity index (χ0n) is 13.4. The lowest BCUT2D eigenvalue weighted by Crippen LogP contribution is -2.41. The van der Waals surface area contributed by atoms with Crippen molar-refractivity contribution in [2.75, 3.05) is 7.11 Å². The van der Waals surface area contributed by atoms with Crippen LogP contribution < -0.4 is 15.2 Å². The molecule has 2 aliphatic carbocycles. The van der Waals surface area contributed by atoms with E-state index in [0.717, 1.165) is 34.9 Å². The first-order chi connectivity index (χ1) is 11.5. The number of hydrogen-bond donors (Lipinski definition) is 2. The number of halogens is 1. The highest BCUT2D eigenvalue weighted by Gasteiger charge is 2.54. The maximum Gasteiger partial charge on any atom is 0.225 e. The Hall–Kier alpha value is -1.53. The first-order valence-corrected chi connectivity index (χ1v) is 9.01. The minimum atomic E-state index is -0.511. The van der Waals surface area contributed by atoms with E-state index in [4.69, 9.17) is 15.2 Å². The lowest BCUT2D eigenvalue weighted by molar-refractivity contribution is -0.119. The average Bonchev–Trinajstić information content (AvgIpc) is 2.75. The van der Waals surface area contributed by atoms with Crippen molar-refractivity contribution in [2.45, 2.75) is 49.2 Å². The van der Waals surface area contributed by atoms with Crippen molar-refractivity contribution in [3.05, 3.63) is 33.8 Å². The predicted octanol–water partition coefficient (Wildman–Crippen LogP) is 2.53. The number of hydrogen-bond acceptors (Lipinski definition) is 4. The molecule has 5 nitrogen and oxygen atoms in total. The van der Waals surface area contributed by atoms with Gasteiger partial charge in [-0.2, -0.15) is 0 Å². The Bertz CT molecular complexity index is 747. The molecule has 1 heterocycles. The molecule has 3 N–H and O–H groups in total. The number of carbonyl (C=O) groups excluding carboxylic acids is 1. The molecule has 3 aliphatic rings. The van der Waals surface area contributed by atoms with Crippen molar-refractivity contribution in [3.63, 3.8) is 0 Å². The molecule has 4 atom stereocenters. The number of aliphatic hydroxyl groups excluding tert-OH is 1. The van der Waals surface area contributed by atoms with E-state index >= 15 is 0 Å². The van der Waals surface area contributed by atoms with Gasteiger partial charge in [0.05, 0.1) is 24.5 Å². The standard InChI is InChI=1S/C18H20BrNO4/c1-23-12-8-11(19)14-10(17(20)22)3-2-5-18-6-4-9(21)7-13(18)24-16(12)15(14)18/h4,6,8-10,13,21H,2-3,5,7H2,1H3,(H2,20,22)/t9-,10-,13-,18+/m0/s1. The van der Waals surface area contributed by atoms with Gasteiger partial charge in [0.25, 0.3) is 0 Å². The second-order valence-electron chi connectivity index (χ2n) is 6.83. The molecule has 0 saturated heterocycles. The maximum absolute atomic E-state index is 12.1. The van der Waals surface area contributed by atoms with E-state index in [0.29, 0.717) is 17.9 Å². The number of aliphatic hydroxyl groups is 1. The number of benzene rings is 1. The van der Waals surface area contributed by atoms with Gasteiger partial charge in [0.1, 0.15) is 6.10 Å². The largest absolute Gasteiger partial charge is 0.493 e. The summed E-state index contributed by atoms with van der Waals surface area (Å²) in [5.41, 5.74) is 7.30. The summed E-state index contributed by atoms with van der Waals surface area (Å²) in [4.78, 5) is 12.1. The van der Waals surface area contributed by atoms with E-state index in [1.165, 1.54) is 0 Å². The van der Waals surface area contributed by atoms with E-state index in [1.807, 2.05) is 12.1 Å². The second-order valence-corrected chi connectivity index (χ2v) is 7.69. The lowest BCUT2D eigenvalue weighted by Gasteiger charge is -2.35. The molecule has 0 fully saturated rings. The van der Waals surface area contributed by atoms with Gasteiger partial charge in [0.2, 0.25) is 5.91 Å². The van der Waals surface area contributed by atoms with Crippen LogP contribution in [0.4, 0.5) is 0 Å². The molecule has 1 aromatic rings. The Labute approximate surface area is 148 Å². The van der Waals surface area contributed by atoms with E-state index in [2.05, 4.69) is 22.0 Å². The van der Waals surface area contributed by atoms with E-state index in [1.54, 1.807) is 7.11 Å². The van der Waals surface area contributed by atoms with Gasteiger partial charge in [-0.3, -0.25) is 4.79 Å². The number of rotatable bonds is 2. The summed E-state index contributed by atoms with van der Waals surface area (Å²) in [5.74, 6) is 0.666. The highest BCUT2D eigenvalue weighted by atomic mass is 79.9. The maximum atomic E-state index is 12.1. The quantitative estimate of drug-likeness (QED) is 0.756. The molecule has 0 radical (unpaired) electrons. The highest BCUT2D eigenvalue weighted by Crippen LogP contribution is 2.59. The normalized spacial score (nSPS) is 33.2. The first-order valence-electron chi connectivity index (χ1n) is 8.22. The average molecular weight is 394 g/mol. The van der Waals surface area contributed by atoms with E-state index < -0.39 is 6.10 Å². The monoisotopic (exact) mass is 393 g/mol. The van der Waals surface area contributed by atoms with Crippen molar-refractivity contribution in [2.24, 2.45) is 5.73 Å². The van der Waals surface area contributed by atoms with Gasteiger partial charge in [-0.15, -0.1) is 0 Å². The lowest BCUT2D eigenvalue weighted by atomic mass is 9.68. The summed E-state index contributed by atoms with van der Waals surface area (Å²) in [6, 6.07) is 1.85. The van der Waals surface area contributed by atoms with Crippen LogP contribution in [0.1, 0.15) is 42.7 Å². The van der Waals surface area contributed by atoms with Gasteiger partial charge in [-0.05, 0) is 24.5 Å². The summed E-state index contributed by atoms with van der Waals surface area (Å²) in [6.45, 7) is 0. The van der Waals surface area contributed by atoms with Crippen LogP contribution in [0.25, 0.3) is 0 Å². The Kier molecular flexibility index (Phi) is 3.65. The van der Waals surface area contributed by atoms with Crippen LogP contribution in [0, 0.1) is 0 Å². The third-order valence-corrected chi connectivity index (χ3v) is 6.26. The van der Waals surface area contributed by atoms with Crippen LogP contribution in [0.3, 0.4) is 0 Å². The molecule has 6 heteroatoms. The zero-order valence-corrected chi connectivity index (χ0v) is 15.0. The molecule has 0 unspecified atom stereocenters. The van der Waals surface area contributed by atoms with Crippen LogP contribution in [-0.4, -0.2) is 30.3 Å². The molecule has 0 bridgehead atoms. The Morgan fingerprint density at radius 3 is 3.04 bits per heavy atom. The van der Waals surface area contributed by atoms with Gasteiger partial charge in [-0.1, -0.05) is 34.5 Å². The predicted molar refractivity (Wildman–Crippen MR) is 92.3 cm³/mol. The minimum Gasteiger partial charge on any atom is -0.493 e. The van der Waals surface area contributed by atoms with Crippen LogP contribution in [0.2, 0.25) is 0 Å². The highest BCUT2D eigenvalue weighted by molar-refractivity contribution is 9.10. The van der Waals surface area contributed by atoms with Gasteiger partial charge < -0.3 is 20.3 Å². The van der Waals surface area contributed by atoms with Crippen molar-refractivity contribution < 1.29 is 19.4 Å². The summed E-state index contributed by atoms with van der Waals surface area (Å²) < 4.78 is 12.6. The molecule has 1 spiro atoms. The third-order valence-electron chi connectivity index (χ3n) is 5.60. The van der Waals surface area contributed by atoms with Gasteiger partial charge in [0.15, 0.2) is 11.5 Å². The molecule has 1 aromatic carbocycles. The molecule has 24 heavy (non-hydrogen) atoms. The van der Waals surface area contributed by atoms with Crippen LogP contribution in [0.15, 0.2) is 22.7 Å². The molecular formula is C18H20BrNO4. The Balaban J connectivity index is 2.03. The van der Waals surface area contributed by atoms with Crippen molar-refractivity contribution in [1.82, 2.24) is 0 Å². The third kappa shape index (κ3) is 2.05. The van der Waals surface area contributed by atoms with Crippen molar-refractivity contribution >= 4 is 21.8 Å². The first kappa shape index (κ1) is 16.0. The Morgan fingerprint density at radius 2 is 2.33 bits per heavy atom. The summed E-state index contributed by atoms with van der Waals surface area (Å²) in [7, 11) is 1.61. The minimum absolute atomic E-state index is 0.152. The van der Waals surface area contributed by atoms with Gasteiger partial charge in [-0.25, -0.2) is 0 Å². The summed E-state index contributed by atoms with van der Waals surface area (Å²) in [5, 5.41) is 10.0. The number of ether oxygens (including phenoxy) is 2. The van der Waals surface area contributed by atoms with Crippen LogP contribution in [0.5, 0.6) is 11.5 Å². The molecule has 1 amide bonds. The zero-order chi connectivity index (χ0) is 17.1. The molecule has 1 aliphatic heterocycles. The number of amides is 1. The van der Waals surface area contributed by atoms with Gasteiger partial charge in [0, 0.05) is 16.5 Å². The second kappa shape index (κ2) is 5.49. The number of methoxy groups -OCH3 is 1. The molecule has 128 valence electrons. The molecule has 0 aromatic heterocycles.